The lowest BCUT2D eigenvalue weighted by Crippen LogP contribution is -2.13. The number of halogens is 3. The molecular weight excluding hydrogens is 281 g/mol. The molecule has 110 valence electrons. The number of rotatable bonds is 2. The summed E-state index contributed by atoms with van der Waals surface area (Å²) in [6, 6.07) is 9.02. The van der Waals surface area contributed by atoms with Crippen molar-refractivity contribution >= 4 is 17.3 Å². The van der Waals surface area contributed by atoms with Gasteiger partial charge in [0.15, 0.2) is 0 Å². The fourth-order valence-electron chi connectivity index (χ4n) is 1.83. The average molecular weight is 294 g/mol. The van der Waals surface area contributed by atoms with Gasteiger partial charge in [0.1, 0.15) is 0 Å². The molecule has 0 heterocycles. The van der Waals surface area contributed by atoms with Crippen LogP contribution < -0.4 is 11.1 Å². The minimum atomic E-state index is -4.41. The van der Waals surface area contributed by atoms with Gasteiger partial charge in [-0.15, -0.1) is 0 Å². The zero-order valence-corrected chi connectivity index (χ0v) is 11.2. The lowest BCUT2D eigenvalue weighted by molar-refractivity contribution is -0.137. The molecule has 0 saturated heterocycles. The molecule has 3 nitrogen and oxygen atoms in total. The number of anilines is 2. The Bertz CT molecular complexity index is 664. The molecule has 0 aromatic heterocycles. The fraction of sp³-hybridized carbons (Fsp3) is 0.133. The lowest BCUT2D eigenvalue weighted by Gasteiger charge is -2.10. The van der Waals surface area contributed by atoms with Gasteiger partial charge in [-0.2, -0.15) is 13.2 Å². The van der Waals surface area contributed by atoms with E-state index in [4.69, 9.17) is 5.73 Å². The Balaban J connectivity index is 2.17. The molecular formula is C15H13F3N2O. The van der Waals surface area contributed by atoms with Crippen molar-refractivity contribution in [1.29, 1.82) is 0 Å². The van der Waals surface area contributed by atoms with Crippen LogP contribution in [0.1, 0.15) is 21.5 Å². The highest BCUT2D eigenvalue weighted by atomic mass is 19.4. The maximum Gasteiger partial charge on any atom is 0.416 e. The molecule has 21 heavy (non-hydrogen) atoms. The van der Waals surface area contributed by atoms with Crippen LogP contribution in [0.3, 0.4) is 0 Å². The van der Waals surface area contributed by atoms with Gasteiger partial charge in [0, 0.05) is 16.9 Å². The molecule has 0 bridgehead atoms. The predicted octanol–water partition coefficient (Wildman–Crippen LogP) is 3.85. The summed E-state index contributed by atoms with van der Waals surface area (Å²) in [4.78, 5) is 12.0. The molecule has 2 aromatic rings. The summed E-state index contributed by atoms with van der Waals surface area (Å²) in [6.07, 6.45) is -4.41. The Kier molecular flexibility index (Phi) is 3.88. The van der Waals surface area contributed by atoms with Gasteiger partial charge in [0.05, 0.1) is 5.56 Å². The second-order valence-electron chi connectivity index (χ2n) is 4.60. The van der Waals surface area contributed by atoms with E-state index in [0.29, 0.717) is 11.4 Å². The van der Waals surface area contributed by atoms with Gasteiger partial charge in [-0.1, -0.05) is 0 Å². The summed E-state index contributed by atoms with van der Waals surface area (Å²) in [5.41, 5.74) is 6.88. The minimum absolute atomic E-state index is 0.152. The van der Waals surface area contributed by atoms with Gasteiger partial charge < -0.3 is 11.1 Å². The number of hydrogen-bond acceptors (Lipinski definition) is 2. The van der Waals surface area contributed by atoms with E-state index in [1.54, 1.807) is 25.1 Å². The number of benzene rings is 2. The van der Waals surface area contributed by atoms with Gasteiger partial charge in [-0.25, -0.2) is 0 Å². The van der Waals surface area contributed by atoms with Crippen molar-refractivity contribution < 1.29 is 18.0 Å². The van der Waals surface area contributed by atoms with Crippen molar-refractivity contribution in [2.75, 3.05) is 11.1 Å². The van der Waals surface area contributed by atoms with Crippen molar-refractivity contribution in [3.05, 3.63) is 59.2 Å². The van der Waals surface area contributed by atoms with Crippen LogP contribution in [0.15, 0.2) is 42.5 Å². The third kappa shape index (κ3) is 3.53. The normalized spacial score (nSPS) is 11.2. The number of alkyl halides is 3. The third-order valence-electron chi connectivity index (χ3n) is 2.97. The second-order valence-corrected chi connectivity index (χ2v) is 4.60. The van der Waals surface area contributed by atoms with E-state index in [1.807, 2.05) is 0 Å². The largest absolute Gasteiger partial charge is 0.416 e. The SMILES string of the molecule is Cc1cc(N)ccc1NC(=O)c1ccc(C(F)(F)F)cc1. The molecule has 0 radical (unpaired) electrons. The average Bonchev–Trinajstić information content (AvgIpc) is 2.41. The van der Waals surface area contributed by atoms with E-state index in [-0.39, 0.29) is 5.56 Å². The number of aryl methyl sites for hydroxylation is 1. The van der Waals surface area contributed by atoms with Crippen molar-refractivity contribution in [3.8, 4) is 0 Å². The highest BCUT2D eigenvalue weighted by Gasteiger charge is 2.30. The smallest absolute Gasteiger partial charge is 0.399 e. The number of amides is 1. The summed E-state index contributed by atoms with van der Waals surface area (Å²) in [5, 5.41) is 2.64. The van der Waals surface area contributed by atoms with Crippen LogP contribution in [-0.4, -0.2) is 5.91 Å². The maximum absolute atomic E-state index is 12.4. The second kappa shape index (κ2) is 5.47. The first-order chi connectivity index (χ1) is 9.77. The van der Waals surface area contributed by atoms with Crippen LogP contribution in [0, 0.1) is 6.92 Å². The van der Waals surface area contributed by atoms with E-state index in [0.717, 1.165) is 29.8 Å². The summed E-state index contributed by atoms with van der Waals surface area (Å²) < 4.78 is 37.3. The molecule has 0 atom stereocenters. The number of nitrogens with two attached hydrogens (primary N) is 1. The first-order valence-electron chi connectivity index (χ1n) is 6.12. The van der Waals surface area contributed by atoms with Gasteiger partial charge >= 0.3 is 6.18 Å². The van der Waals surface area contributed by atoms with Crippen molar-refractivity contribution in [2.45, 2.75) is 13.1 Å². The molecule has 6 heteroatoms. The molecule has 0 aliphatic carbocycles. The summed E-state index contributed by atoms with van der Waals surface area (Å²) in [5.74, 6) is -0.475. The molecule has 0 saturated carbocycles. The number of carbonyl (C=O) groups excluding carboxylic acids is 1. The van der Waals surface area contributed by atoms with Crippen molar-refractivity contribution in [2.24, 2.45) is 0 Å². The van der Waals surface area contributed by atoms with Crippen LogP contribution in [0.2, 0.25) is 0 Å². The van der Waals surface area contributed by atoms with Crippen LogP contribution in [-0.2, 0) is 6.18 Å². The summed E-state index contributed by atoms with van der Waals surface area (Å²) in [7, 11) is 0. The van der Waals surface area contributed by atoms with Gasteiger partial charge in [-0.3, -0.25) is 4.79 Å². The molecule has 2 rings (SSSR count). The first kappa shape index (κ1) is 14.9. The highest BCUT2D eigenvalue weighted by molar-refractivity contribution is 6.04. The van der Waals surface area contributed by atoms with E-state index in [1.165, 1.54) is 0 Å². The van der Waals surface area contributed by atoms with Crippen molar-refractivity contribution in [3.63, 3.8) is 0 Å². The quantitative estimate of drug-likeness (QED) is 0.827. The number of carbonyl (C=O) groups is 1. The number of nitrogen functional groups attached to an aromatic ring is 1. The Morgan fingerprint density at radius 2 is 1.71 bits per heavy atom. The molecule has 0 aliphatic rings. The molecule has 3 N–H and O–H groups in total. The Hall–Kier alpha value is -2.50. The van der Waals surface area contributed by atoms with E-state index in [2.05, 4.69) is 5.32 Å². The fourth-order valence-corrected chi connectivity index (χ4v) is 1.83. The third-order valence-corrected chi connectivity index (χ3v) is 2.97. The lowest BCUT2D eigenvalue weighted by atomic mass is 10.1. The molecule has 0 aliphatic heterocycles. The Morgan fingerprint density at radius 3 is 2.24 bits per heavy atom. The van der Waals surface area contributed by atoms with Crippen LogP contribution in [0.5, 0.6) is 0 Å². The topological polar surface area (TPSA) is 55.1 Å². The molecule has 0 fully saturated rings. The Labute approximate surface area is 119 Å². The van der Waals surface area contributed by atoms with Crippen LogP contribution >= 0.6 is 0 Å². The highest BCUT2D eigenvalue weighted by Crippen LogP contribution is 2.29. The first-order valence-corrected chi connectivity index (χ1v) is 6.12. The summed E-state index contributed by atoms with van der Waals surface area (Å²) >= 11 is 0. The van der Waals surface area contributed by atoms with Crippen LogP contribution in [0.4, 0.5) is 24.5 Å². The van der Waals surface area contributed by atoms with E-state index >= 15 is 0 Å². The van der Waals surface area contributed by atoms with E-state index in [9.17, 15) is 18.0 Å². The maximum atomic E-state index is 12.4. The minimum Gasteiger partial charge on any atom is -0.399 e. The standard InChI is InChI=1S/C15H13F3N2O/c1-9-8-12(19)6-7-13(9)20-14(21)10-2-4-11(5-3-10)15(16,17)18/h2-8H,19H2,1H3,(H,20,21). The summed E-state index contributed by atoms with van der Waals surface area (Å²) in [6.45, 7) is 1.78. The molecule has 2 aromatic carbocycles. The monoisotopic (exact) mass is 294 g/mol. The van der Waals surface area contributed by atoms with Crippen molar-refractivity contribution in [1.82, 2.24) is 0 Å². The predicted molar refractivity (Wildman–Crippen MR) is 75.0 cm³/mol. The zero-order chi connectivity index (χ0) is 15.6. The van der Waals surface area contributed by atoms with Crippen LogP contribution in [0.25, 0.3) is 0 Å². The number of hydrogen-bond donors (Lipinski definition) is 2. The molecule has 1 amide bonds. The zero-order valence-electron chi connectivity index (χ0n) is 11.2. The van der Waals surface area contributed by atoms with E-state index < -0.39 is 17.6 Å². The van der Waals surface area contributed by atoms with Gasteiger partial charge in [0.25, 0.3) is 5.91 Å². The Morgan fingerprint density at radius 1 is 1.10 bits per heavy atom. The van der Waals surface area contributed by atoms with Gasteiger partial charge in [-0.05, 0) is 55.0 Å². The van der Waals surface area contributed by atoms with Gasteiger partial charge in [0.2, 0.25) is 0 Å². The number of nitrogens with one attached hydrogen (secondary N) is 1. The molecule has 0 spiro atoms. The molecule has 0 unspecified atom stereocenters.